The SMILES string of the molecule is Cn1cc(CN2CC2COc2cccc(Cl)c2C#N)cn1. The molecule has 0 N–H and O–H groups in total. The van der Waals surface area contributed by atoms with Crippen LogP contribution >= 0.6 is 11.6 Å². The van der Waals surface area contributed by atoms with Crippen molar-refractivity contribution in [2.24, 2.45) is 7.05 Å². The van der Waals surface area contributed by atoms with Crippen molar-refractivity contribution in [2.75, 3.05) is 13.2 Å². The Morgan fingerprint density at radius 2 is 2.38 bits per heavy atom. The lowest BCUT2D eigenvalue weighted by molar-refractivity contribution is 0.292. The highest BCUT2D eigenvalue weighted by atomic mass is 35.5. The van der Waals surface area contributed by atoms with Crippen LogP contribution in [0, 0.1) is 11.3 Å². The third kappa shape index (κ3) is 3.18. The molecule has 2 aromatic rings. The Kier molecular flexibility index (Phi) is 3.82. The zero-order valence-electron chi connectivity index (χ0n) is 11.7. The topological polar surface area (TPSA) is 53.9 Å². The van der Waals surface area contributed by atoms with Crippen molar-refractivity contribution < 1.29 is 4.74 Å². The van der Waals surface area contributed by atoms with Gasteiger partial charge in [-0.15, -0.1) is 0 Å². The van der Waals surface area contributed by atoms with Crippen molar-refractivity contribution in [3.05, 3.63) is 46.7 Å². The van der Waals surface area contributed by atoms with Gasteiger partial charge in [-0.1, -0.05) is 17.7 Å². The van der Waals surface area contributed by atoms with Gasteiger partial charge >= 0.3 is 0 Å². The quantitative estimate of drug-likeness (QED) is 0.795. The predicted molar refractivity (Wildman–Crippen MR) is 79.1 cm³/mol. The Morgan fingerprint density at radius 3 is 3.10 bits per heavy atom. The summed E-state index contributed by atoms with van der Waals surface area (Å²) in [5, 5.41) is 13.7. The summed E-state index contributed by atoms with van der Waals surface area (Å²) in [6.07, 6.45) is 3.89. The molecule has 1 fully saturated rings. The molecule has 0 aliphatic carbocycles. The van der Waals surface area contributed by atoms with Gasteiger partial charge in [0.1, 0.15) is 24.0 Å². The molecule has 0 radical (unpaired) electrons. The van der Waals surface area contributed by atoms with Gasteiger partial charge in [-0.05, 0) is 12.1 Å². The molecule has 0 spiro atoms. The van der Waals surface area contributed by atoms with Crippen LogP contribution in [-0.2, 0) is 13.6 Å². The van der Waals surface area contributed by atoms with Crippen LogP contribution in [0.4, 0.5) is 0 Å². The Hall–Kier alpha value is -2.03. The number of ether oxygens (including phenoxy) is 1. The lowest BCUT2D eigenvalue weighted by atomic mass is 10.2. The lowest BCUT2D eigenvalue weighted by Gasteiger charge is -2.08. The van der Waals surface area contributed by atoms with E-state index in [2.05, 4.69) is 16.1 Å². The summed E-state index contributed by atoms with van der Waals surface area (Å²) in [4.78, 5) is 2.30. The van der Waals surface area contributed by atoms with E-state index in [0.717, 1.165) is 13.1 Å². The number of hydrogen-bond donors (Lipinski definition) is 0. The first-order valence-corrected chi connectivity index (χ1v) is 7.08. The van der Waals surface area contributed by atoms with Crippen molar-refractivity contribution in [1.29, 1.82) is 5.26 Å². The Bertz CT molecular complexity index is 691. The van der Waals surface area contributed by atoms with Crippen molar-refractivity contribution in [3.63, 3.8) is 0 Å². The molecular formula is C15H15ClN4O. The van der Waals surface area contributed by atoms with Gasteiger partial charge in [0, 0.05) is 31.9 Å². The second-order valence-corrected chi connectivity index (χ2v) is 5.55. The van der Waals surface area contributed by atoms with Crippen molar-refractivity contribution in [2.45, 2.75) is 12.6 Å². The minimum absolute atomic E-state index is 0.385. The Labute approximate surface area is 128 Å². The van der Waals surface area contributed by atoms with Gasteiger partial charge in [-0.2, -0.15) is 10.4 Å². The molecule has 6 heteroatoms. The summed E-state index contributed by atoms with van der Waals surface area (Å²) in [5.74, 6) is 0.554. The highest BCUT2D eigenvalue weighted by Crippen LogP contribution is 2.27. The van der Waals surface area contributed by atoms with E-state index >= 15 is 0 Å². The largest absolute Gasteiger partial charge is 0.490 e. The van der Waals surface area contributed by atoms with Crippen LogP contribution in [-0.4, -0.2) is 33.9 Å². The zero-order valence-corrected chi connectivity index (χ0v) is 12.4. The fourth-order valence-corrected chi connectivity index (χ4v) is 2.49. The Balaban J connectivity index is 1.54. The first-order valence-electron chi connectivity index (χ1n) is 6.70. The van der Waals surface area contributed by atoms with Crippen LogP contribution in [0.25, 0.3) is 0 Å². The molecule has 0 saturated carbocycles. The van der Waals surface area contributed by atoms with Crippen LogP contribution < -0.4 is 4.74 Å². The normalized spacial score (nSPS) is 20.0. The average molecular weight is 303 g/mol. The molecular weight excluding hydrogens is 288 g/mol. The predicted octanol–water partition coefficient (Wildman–Crippen LogP) is 2.21. The number of aromatic nitrogens is 2. The molecule has 21 heavy (non-hydrogen) atoms. The van der Waals surface area contributed by atoms with E-state index in [1.807, 2.05) is 19.4 Å². The van der Waals surface area contributed by atoms with E-state index in [1.54, 1.807) is 22.9 Å². The van der Waals surface area contributed by atoms with Gasteiger partial charge in [0.05, 0.1) is 17.3 Å². The van der Waals surface area contributed by atoms with Gasteiger partial charge in [-0.3, -0.25) is 9.58 Å². The molecule has 2 heterocycles. The molecule has 2 atom stereocenters. The summed E-state index contributed by atoms with van der Waals surface area (Å²) in [5.41, 5.74) is 1.60. The molecule has 3 rings (SSSR count). The van der Waals surface area contributed by atoms with Gasteiger partial charge in [-0.25, -0.2) is 0 Å². The summed E-state index contributed by atoms with van der Waals surface area (Å²) >= 11 is 5.98. The van der Waals surface area contributed by atoms with Crippen molar-refractivity contribution >= 4 is 11.6 Å². The molecule has 1 aromatic carbocycles. The number of nitriles is 1. The molecule has 2 unspecified atom stereocenters. The first-order chi connectivity index (χ1) is 10.2. The molecule has 1 saturated heterocycles. The van der Waals surface area contributed by atoms with E-state index < -0.39 is 0 Å². The highest BCUT2D eigenvalue weighted by molar-refractivity contribution is 6.31. The number of halogens is 1. The molecule has 5 nitrogen and oxygen atoms in total. The molecule has 0 amide bonds. The van der Waals surface area contributed by atoms with Gasteiger partial charge in [0.2, 0.25) is 0 Å². The molecule has 1 aliphatic heterocycles. The maximum Gasteiger partial charge on any atom is 0.138 e. The second kappa shape index (κ2) is 5.76. The third-order valence-electron chi connectivity index (χ3n) is 3.49. The van der Waals surface area contributed by atoms with E-state index in [-0.39, 0.29) is 0 Å². The summed E-state index contributed by atoms with van der Waals surface area (Å²) in [6, 6.07) is 7.72. The van der Waals surface area contributed by atoms with Crippen LogP contribution in [0.1, 0.15) is 11.1 Å². The maximum atomic E-state index is 9.10. The van der Waals surface area contributed by atoms with E-state index in [4.69, 9.17) is 21.6 Å². The van der Waals surface area contributed by atoms with Crippen LogP contribution in [0.5, 0.6) is 5.75 Å². The molecule has 1 aliphatic rings. The number of aryl methyl sites for hydroxylation is 1. The first kappa shape index (κ1) is 13.9. The molecule has 0 bridgehead atoms. The van der Waals surface area contributed by atoms with Crippen LogP contribution in [0.3, 0.4) is 0 Å². The van der Waals surface area contributed by atoms with Crippen molar-refractivity contribution in [1.82, 2.24) is 14.7 Å². The summed E-state index contributed by atoms with van der Waals surface area (Å²) in [7, 11) is 1.91. The third-order valence-corrected chi connectivity index (χ3v) is 3.81. The van der Waals surface area contributed by atoms with E-state index in [0.29, 0.717) is 29.0 Å². The van der Waals surface area contributed by atoms with Gasteiger partial charge in [0.15, 0.2) is 0 Å². The fraction of sp³-hybridized carbons (Fsp3) is 0.333. The molecule has 1 aromatic heterocycles. The van der Waals surface area contributed by atoms with Crippen LogP contribution in [0.2, 0.25) is 5.02 Å². The zero-order chi connectivity index (χ0) is 14.8. The minimum Gasteiger partial charge on any atom is -0.490 e. The minimum atomic E-state index is 0.385. The fourth-order valence-electron chi connectivity index (χ4n) is 2.28. The lowest BCUT2D eigenvalue weighted by Crippen LogP contribution is -2.11. The monoisotopic (exact) mass is 302 g/mol. The number of rotatable bonds is 5. The van der Waals surface area contributed by atoms with E-state index in [1.165, 1.54) is 5.56 Å². The van der Waals surface area contributed by atoms with Gasteiger partial charge in [0.25, 0.3) is 0 Å². The number of nitrogens with zero attached hydrogens (tertiary/aromatic N) is 4. The summed E-state index contributed by atoms with van der Waals surface area (Å²) < 4.78 is 7.54. The highest BCUT2D eigenvalue weighted by Gasteiger charge is 2.34. The summed E-state index contributed by atoms with van der Waals surface area (Å²) in [6.45, 7) is 2.44. The van der Waals surface area contributed by atoms with Gasteiger partial charge < -0.3 is 4.74 Å². The average Bonchev–Trinajstić information content (AvgIpc) is 3.07. The molecule has 108 valence electrons. The van der Waals surface area contributed by atoms with Crippen LogP contribution in [0.15, 0.2) is 30.6 Å². The second-order valence-electron chi connectivity index (χ2n) is 5.14. The number of benzene rings is 1. The maximum absolute atomic E-state index is 9.10. The van der Waals surface area contributed by atoms with Crippen molar-refractivity contribution in [3.8, 4) is 11.8 Å². The smallest absolute Gasteiger partial charge is 0.138 e. The Morgan fingerprint density at radius 1 is 1.52 bits per heavy atom. The number of hydrogen-bond acceptors (Lipinski definition) is 4. The van der Waals surface area contributed by atoms with E-state index in [9.17, 15) is 0 Å². The standard InChI is InChI=1S/C15H15ClN4O/c1-19-7-11(6-18-19)8-20-9-12(20)10-21-15-4-2-3-14(16)13(15)5-17/h2-4,6-7,12H,8-10H2,1H3.